The van der Waals surface area contributed by atoms with Crippen LogP contribution in [0.1, 0.15) is 25.5 Å². The number of nitrogens with zero attached hydrogens (tertiary/aromatic N) is 2. The Morgan fingerprint density at radius 3 is 2.46 bits per heavy atom. The first-order valence-electron chi connectivity index (χ1n) is 11.2. The van der Waals surface area contributed by atoms with Crippen LogP contribution in [0.2, 0.25) is 0 Å². The fraction of sp³-hybridized carbons (Fsp3) is 0.455. The molecule has 2 saturated heterocycles. The fourth-order valence-corrected chi connectivity index (χ4v) is 4.66. The lowest BCUT2D eigenvalue weighted by molar-refractivity contribution is -0.153. The van der Waals surface area contributed by atoms with Crippen LogP contribution in [0.5, 0.6) is 0 Å². The molecule has 2 fully saturated rings. The molecule has 12 nitrogen and oxygen atoms in total. The van der Waals surface area contributed by atoms with E-state index in [1.807, 2.05) is 0 Å². The minimum Gasteiger partial charge on any atom is -0.356 e. The monoisotopic (exact) mass is 504 g/mol. The molecule has 1 unspecified atom stereocenters. The van der Waals surface area contributed by atoms with Crippen LogP contribution in [0.4, 0.5) is 4.79 Å². The van der Waals surface area contributed by atoms with Crippen molar-refractivity contribution in [2.24, 2.45) is 0 Å². The molecule has 2 aliphatic rings. The number of thioether (sulfide) groups is 1. The van der Waals surface area contributed by atoms with Crippen molar-refractivity contribution in [1.29, 1.82) is 0 Å². The Bertz CT molecular complexity index is 1010. The first kappa shape index (κ1) is 26.0. The zero-order valence-electron chi connectivity index (χ0n) is 19.4. The van der Waals surface area contributed by atoms with Gasteiger partial charge in [-0.2, -0.15) is 0 Å². The van der Waals surface area contributed by atoms with Crippen molar-refractivity contribution < 1.29 is 28.8 Å². The van der Waals surface area contributed by atoms with Crippen molar-refractivity contribution in [3.05, 3.63) is 35.9 Å². The van der Waals surface area contributed by atoms with E-state index >= 15 is 0 Å². The lowest BCUT2D eigenvalue weighted by Crippen LogP contribution is -2.68. The number of hydrogen-bond donors (Lipinski definition) is 4. The van der Waals surface area contributed by atoms with Gasteiger partial charge in [0, 0.05) is 38.9 Å². The summed E-state index contributed by atoms with van der Waals surface area (Å²) in [4.78, 5) is 75.8. The normalized spacial score (nSPS) is 20.5. The molecular weight excluding hydrogens is 476 g/mol. The summed E-state index contributed by atoms with van der Waals surface area (Å²) in [6, 6.07) is 5.48. The zero-order chi connectivity index (χ0) is 25.5. The van der Waals surface area contributed by atoms with Gasteiger partial charge in [-0.3, -0.25) is 28.9 Å². The minimum absolute atomic E-state index is 0.00538. The van der Waals surface area contributed by atoms with Gasteiger partial charge in [-0.05, 0) is 12.5 Å². The van der Waals surface area contributed by atoms with Crippen molar-refractivity contribution in [2.45, 2.75) is 31.3 Å². The molecule has 7 amide bonds. The van der Waals surface area contributed by atoms with Gasteiger partial charge in [0.05, 0.1) is 0 Å². The van der Waals surface area contributed by atoms with Gasteiger partial charge in [0.1, 0.15) is 17.5 Å². The Labute approximate surface area is 206 Å². The average molecular weight is 505 g/mol. The highest BCUT2D eigenvalue weighted by atomic mass is 32.2. The molecule has 3 rings (SSSR count). The van der Waals surface area contributed by atoms with Crippen LogP contribution in [0.25, 0.3) is 0 Å². The summed E-state index contributed by atoms with van der Waals surface area (Å²) in [7, 11) is 0. The smallest absolute Gasteiger partial charge is 0.325 e. The largest absolute Gasteiger partial charge is 0.356 e. The van der Waals surface area contributed by atoms with E-state index in [4.69, 9.17) is 0 Å². The van der Waals surface area contributed by atoms with Gasteiger partial charge >= 0.3 is 17.8 Å². The molecule has 2 heterocycles. The molecule has 0 aromatic heterocycles. The molecule has 0 saturated carbocycles. The summed E-state index contributed by atoms with van der Waals surface area (Å²) in [6.07, 6.45) is 0. The molecule has 2 aliphatic heterocycles. The second-order valence-electron chi connectivity index (χ2n) is 7.90. The standard InChI is InChI=1S/C22H28N6O6S/c1-3-27-10-11-28(21(33)20(27)32)22(34)25-15(14-7-5-4-6-8-14)17(30)24-16-18(31)26-19(16)35-12-9-23-13(2)29/h4-8,15-16,19H,3,9-12H2,1-2H3,(H,23,29)(H,24,30)(H,25,34)(H,26,31)/t15?,16-,19-/m1/s1. The topological polar surface area (TPSA) is 157 Å². The van der Waals surface area contributed by atoms with Crippen LogP contribution in [0.15, 0.2) is 30.3 Å². The molecule has 0 radical (unpaired) electrons. The first-order valence-corrected chi connectivity index (χ1v) is 12.2. The van der Waals surface area contributed by atoms with E-state index in [2.05, 4.69) is 21.3 Å². The van der Waals surface area contributed by atoms with Gasteiger partial charge in [-0.25, -0.2) is 4.79 Å². The van der Waals surface area contributed by atoms with Crippen molar-refractivity contribution in [3.63, 3.8) is 0 Å². The fourth-order valence-electron chi connectivity index (χ4n) is 3.60. The average Bonchev–Trinajstić information content (AvgIpc) is 2.84. The summed E-state index contributed by atoms with van der Waals surface area (Å²) in [5.41, 5.74) is 0.443. The molecule has 1 aromatic carbocycles. The predicted molar refractivity (Wildman–Crippen MR) is 127 cm³/mol. The van der Waals surface area contributed by atoms with Crippen molar-refractivity contribution in [1.82, 2.24) is 31.1 Å². The molecule has 0 bridgehead atoms. The number of imide groups is 1. The third kappa shape index (κ3) is 6.29. The van der Waals surface area contributed by atoms with Crippen LogP contribution in [0.3, 0.4) is 0 Å². The van der Waals surface area contributed by atoms with Crippen LogP contribution < -0.4 is 21.3 Å². The second kappa shape index (κ2) is 11.7. The van der Waals surface area contributed by atoms with Crippen LogP contribution in [0, 0.1) is 0 Å². The van der Waals surface area contributed by atoms with E-state index in [1.54, 1.807) is 37.3 Å². The molecule has 1 aromatic rings. The summed E-state index contributed by atoms with van der Waals surface area (Å²) >= 11 is 1.36. The number of carbonyl (C=O) groups is 6. The first-order chi connectivity index (χ1) is 16.7. The third-order valence-electron chi connectivity index (χ3n) is 5.54. The number of likely N-dealkylation sites (N-methyl/N-ethyl adjacent to an activating group) is 1. The van der Waals surface area contributed by atoms with E-state index in [-0.39, 0.29) is 24.9 Å². The summed E-state index contributed by atoms with van der Waals surface area (Å²) in [5, 5.41) is 10.1. The highest BCUT2D eigenvalue weighted by Gasteiger charge is 2.42. The molecule has 13 heteroatoms. The lowest BCUT2D eigenvalue weighted by atomic mass is 10.0. The number of β-lactam (4-membered cyclic amide) rings is 1. The zero-order valence-corrected chi connectivity index (χ0v) is 20.2. The molecule has 0 spiro atoms. The second-order valence-corrected chi connectivity index (χ2v) is 9.15. The van der Waals surface area contributed by atoms with Crippen LogP contribution in [-0.2, 0) is 24.0 Å². The molecule has 188 valence electrons. The van der Waals surface area contributed by atoms with Crippen molar-refractivity contribution in [3.8, 4) is 0 Å². The molecule has 4 N–H and O–H groups in total. The number of hydrogen-bond acceptors (Lipinski definition) is 7. The highest BCUT2D eigenvalue weighted by molar-refractivity contribution is 8.00. The van der Waals surface area contributed by atoms with E-state index in [9.17, 15) is 28.8 Å². The molecular formula is C22H28N6O6S. The summed E-state index contributed by atoms with van der Waals surface area (Å²) in [5.74, 6) is -2.38. The SMILES string of the molecule is CCN1CCN(C(=O)NC(C(=O)N[C@@H]2C(=O)N[C@@H]2SCCNC(C)=O)c2ccccc2)C(=O)C1=O. The van der Waals surface area contributed by atoms with Crippen LogP contribution in [-0.4, -0.2) is 88.7 Å². The molecule has 3 atom stereocenters. The van der Waals surface area contributed by atoms with Crippen LogP contribution >= 0.6 is 11.8 Å². The highest BCUT2D eigenvalue weighted by Crippen LogP contribution is 2.21. The lowest BCUT2D eigenvalue weighted by Gasteiger charge is -2.37. The summed E-state index contributed by atoms with van der Waals surface area (Å²) in [6.45, 7) is 4.11. The third-order valence-corrected chi connectivity index (χ3v) is 6.73. The molecule has 0 aliphatic carbocycles. The Balaban J connectivity index is 1.67. The maximum atomic E-state index is 13.2. The Morgan fingerprint density at radius 1 is 1.11 bits per heavy atom. The van der Waals surface area contributed by atoms with Gasteiger partial charge in [0.15, 0.2) is 0 Å². The predicted octanol–water partition coefficient (Wildman–Crippen LogP) is -1.06. The number of urea groups is 1. The maximum Gasteiger partial charge on any atom is 0.325 e. The number of rotatable bonds is 9. The Kier molecular flexibility index (Phi) is 8.68. The van der Waals surface area contributed by atoms with Crippen molar-refractivity contribution in [2.75, 3.05) is 31.9 Å². The summed E-state index contributed by atoms with van der Waals surface area (Å²) < 4.78 is 0. The quantitative estimate of drug-likeness (QED) is 0.190. The van der Waals surface area contributed by atoms with Crippen molar-refractivity contribution >= 4 is 47.3 Å². The van der Waals surface area contributed by atoms with Gasteiger partial charge in [-0.15, -0.1) is 11.8 Å². The Morgan fingerprint density at radius 2 is 1.83 bits per heavy atom. The van der Waals surface area contributed by atoms with E-state index < -0.39 is 41.2 Å². The van der Waals surface area contributed by atoms with Gasteiger partial charge in [0.2, 0.25) is 17.7 Å². The van der Waals surface area contributed by atoms with Gasteiger partial charge in [0.25, 0.3) is 0 Å². The van der Waals surface area contributed by atoms with E-state index in [0.29, 0.717) is 24.4 Å². The Hall–Kier alpha value is -3.61. The number of carbonyl (C=O) groups excluding carboxylic acids is 6. The minimum atomic E-state index is -1.20. The van der Waals surface area contributed by atoms with E-state index in [0.717, 1.165) is 4.90 Å². The number of benzene rings is 1. The number of piperazine rings is 1. The van der Waals surface area contributed by atoms with E-state index in [1.165, 1.54) is 23.6 Å². The number of amides is 7. The number of nitrogens with one attached hydrogen (secondary N) is 4. The molecule has 35 heavy (non-hydrogen) atoms. The van der Waals surface area contributed by atoms with Gasteiger partial charge in [-0.1, -0.05) is 30.3 Å². The van der Waals surface area contributed by atoms with Gasteiger partial charge < -0.3 is 26.2 Å². The maximum absolute atomic E-state index is 13.2.